The second-order valence-corrected chi connectivity index (χ2v) is 5.42. The molecule has 0 saturated heterocycles. The van der Waals surface area contributed by atoms with Gasteiger partial charge in [0.25, 0.3) is 0 Å². The fourth-order valence-corrected chi connectivity index (χ4v) is 2.37. The van der Waals surface area contributed by atoms with Crippen LogP contribution in [0.15, 0.2) is 60.7 Å². The number of hydrogen-bond acceptors (Lipinski definition) is 2. The number of benzene rings is 2. The molecular formula is C18H24N2. The quantitative estimate of drug-likeness (QED) is 0.830. The molecule has 106 valence electrons. The van der Waals surface area contributed by atoms with Crippen LogP contribution in [0, 0.1) is 0 Å². The SMILES string of the molecule is CN(C)CC(NCCc1ccccc1)c1ccccc1. The zero-order valence-electron chi connectivity index (χ0n) is 12.4. The van der Waals surface area contributed by atoms with E-state index in [4.69, 9.17) is 0 Å². The van der Waals surface area contributed by atoms with Gasteiger partial charge in [-0.15, -0.1) is 0 Å². The molecule has 2 aromatic rings. The highest BCUT2D eigenvalue weighted by Crippen LogP contribution is 2.13. The smallest absolute Gasteiger partial charge is 0.0449 e. The highest BCUT2D eigenvalue weighted by molar-refractivity contribution is 5.20. The van der Waals surface area contributed by atoms with Crippen LogP contribution in [0.4, 0.5) is 0 Å². The van der Waals surface area contributed by atoms with Crippen molar-refractivity contribution in [2.24, 2.45) is 0 Å². The zero-order valence-corrected chi connectivity index (χ0v) is 12.4. The molecule has 0 aliphatic carbocycles. The maximum absolute atomic E-state index is 3.67. The molecule has 2 heteroatoms. The van der Waals surface area contributed by atoms with Crippen molar-refractivity contribution in [2.75, 3.05) is 27.2 Å². The van der Waals surface area contributed by atoms with Crippen LogP contribution < -0.4 is 5.32 Å². The minimum Gasteiger partial charge on any atom is -0.309 e. The molecule has 2 nitrogen and oxygen atoms in total. The van der Waals surface area contributed by atoms with Gasteiger partial charge in [0.1, 0.15) is 0 Å². The first-order chi connectivity index (χ1) is 9.75. The zero-order chi connectivity index (χ0) is 14.2. The summed E-state index contributed by atoms with van der Waals surface area (Å²) in [5, 5.41) is 3.67. The van der Waals surface area contributed by atoms with Crippen molar-refractivity contribution in [3.63, 3.8) is 0 Å². The summed E-state index contributed by atoms with van der Waals surface area (Å²) in [5.41, 5.74) is 2.74. The molecule has 1 atom stereocenters. The van der Waals surface area contributed by atoms with Crippen LogP contribution >= 0.6 is 0 Å². The lowest BCUT2D eigenvalue weighted by molar-refractivity contribution is 0.342. The van der Waals surface area contributed by atoms with E-state index in [1.807, 2.05) is 0 Å². The Kier molecular flexibility index (Phi) is 5.78. The van der Waals surface area contributed by atoms with Gasteiger partial charge in [0.2, 0.25) is 0 Å². The Morgan fingerprint density at radius 2 is 1.50 bits per heavy atom. The maximum atomic E-state index is 3.67. The first kappa shape index (κ1) is 14.8. The third-order valence-electron chi connectivity index (χ3n) is 3.40. The van der Waals surface area contributed by atoms with E-state index < -0.39 is 0 Å². The van der Waals surface area contributed by atoms with Gasteiger partial charge in [-0.1, -0.05) is 60.7 Å². The summed E-state index contributed by atoms with van der Waals surface area (Å²) in [7, 11) is 4.24. The number of likely N-dealkylation sites (N-methyl/N-ethyl adjacent to an activating group) is 1. The summed E-state index contributed by atoms with van der Waals surface area (Å²) < 4.78 is 0. The predicted molar refractivity (Wildman–Crippen MR) is 85.9 cm³/mol. The highest BCUT2D eigenvalue weighted by Gasteiger charge is 2.11. The molecule has 0 aliphatic rings. The topological polar surface area (TPSA) is 15.3 Å². The molecule has 0 amide bonds. The van der Waals surface area contributed by atoms with Gasteiger partial charge in [0.05, 0.1) is 0 Å². The van der Waals surface area contributed by atoms with Gasteiger partial charge in [-0.3, -0.25) is 0 Å². The summed E-state index contributed by atoms with van der Waals surface area (Å²) >= 11 is 0. The van der Waals surface area contributed by atoms with Gasteiger partial charge >= 0.3 is 0 Å². The summed E-state index contributed by atoms with van der Waals surface area (Å²) in [6.07, 6.45) is 1.07. The molecule has 0 aliphatic heterocycles. The van der Waals surface area contributed by atoms with E-state index in [0.29, 0.717) is 6.04 Å². The molecule has 2 rings (SSSR count). The number of hydrogen-bond donors (Lipinski definition) is 1. The fraction of sp³-hybridized carbons (Fsp3) is 0.333. The second kappa shape index (κ2) is 7.83. The van der Waals surface area contributed by atoms with Crippen molar-refractivity contribution in [3.8, 4) is 0 Å². The van der Waals surface area contributed by atoms with Crippen LogP contribution in [-0.4, -0.2) is 32.1 Å². The summed E-state index contributed by atoms with van der Waals surface area (Å²) in [4.78, 5) is 2.23. The Morgan fingerprint density at radius 1 is 0.900 bits per heavy atom. The van der Waals surface area contributed by atoms with E-state index >= 15 is 0 Å². The van der Waals surface area contributed by atoms with E-state index in [2.05, 4.69) is 85.0 Å². The lowest BCUT2D eigenvalue weighted by Gasteiger charge is -2.23. The summed E-state index contributed by atoms with van der Waals surface area (Å²) in [5.74, 6) is 0. The number of nitrogens with zero attached hydrogens (tertiary/aromatic N) is 1. The van der Waals surface area contributed by atoms with Crippen LogP contribution in [0.25, 0.3) is 0 Å². The Bertz CT molecular complexity index is 479. The van der Waals surface area contributed by atoms with Gasteiger partial charge in [-0.2, -0.15) is 0 Å². The van der Waals surface area contributed by atoms with Crippen LogP contribution in [0.3, 0.4) is 0 Å². The lowest BCUT2D eigenvalue weighted by atomic mass is 10.1. The Labute approximate surface area is 122 Å². The van der Waals surface area contributed by atoms with E-state index in [0.717, 1.165) is 19.5 Å². The molecule has 0 aromatic heterocycles. The fourth-order valence-electron chi connectivity index (χ4n) is 2.37. The Morgan fingerprint density at radius 3 is 2.10 bits per heavy atom. The minimum atomic E-state index is 0.384. The van der Waals surface area contributed by atoms with E-state index in [9.17, 15) is 0 Å². The summed E-state index contributed by atoms with van der Waals surface area (Å²) in [6.45, 7) is 2.01. The Hall–Kier alpha value is -1.64. The van der Waals surface area contributed by atoms with Crippen LogP contribution in [-0.2, 0) is 6.42 Å². The van der Waals surface area contributed by atoms with Crippen LogP contribution in [0.1, 0.15) is 17.2 Å². The third-order valence-corrected chi connectivity index (χ3v) is 3.40. The van der Waals surface area contributed by atoms with Gasteiger partial charge in [-0.05, 0) is 38.2 Å². The highest BCUT2D eigenvalue weighted by atomic mass is 15.1. The van der Waals surface area contributed by atoms with Gasteiger partial charge in [0, 0.05) is 12.6 Å². The molecular weight excluding hydrogens is 244 g/mol. The molecule has 0 fully saturated rings. The molecule has 0 saturated carbocycles. The van der Waals surface area contributed by atoms with E-state index in [-0.39, 0.29) is 0 Å². The van der Waals surface area contributed by atoms with E-state index in [1.165, 1.54) is 11.1 Å². The van der Waals surface area contributed by atoms with E-state index in [1.54, 1.807) is 0 Å². The minimum absolute atomic E-state index is 0.384. The van der Waals surface area contributed by atoms with Crippen molar-refractivity contribution in [2.45, 2.75) is 12.5 Å². The van der Waals surface area contributed by atoms with Crippen molar-refractivity contribution in [3.05, 3.63) is 71.8 Å². The largest absolute Gasteiger partial charge is 0.309 e. The van der Waals surface area contributed by atoms with Gasteiger partial charge < -0.3 is 10.2 Å². The molecule has 0 bridgehead atoms. The average Bonchev–Trinajstić information content (AvgIpc) is 2.48. The second-order valence-electron chi connectivity index (χ2n) is 5.42. The first-order valence-corrected chi connectivity index (χ1v) is 7.22. The molecule has 0 heterocycles. The first-order valence-electron chi connectivity index (χ1n) is 7.22. The van der Waals surface area contributed by atoms with Crippen molar-refractivity contribution >= 4 is 0 Å². The number of rotatable bonds is 7. The monoisotopic (exact) mass is 268 g/mol. The lowest BCUT2D eigenvalue weighted by Crippen LogP contribution is -2.32. The Balaban J connectivity index is 1.91. The molecule has 0 radical (unpaired) electrons. The van der Waals surface area contributed by atoms with Gasteiger partial charge in [-0.25, -0.2) is 0 Å². The van der Waals surface area contributed by atoms with Crippen molar-refractivity contribution < 1.29 is 0 Å². The van der Waals surface area contributed by atoms with Crippen LogP contribution in [0.2, 0.25) is 0 Å². The number of nitrogens with one attached hydrogen (secondary N) is 1. The van der Waals surface area contributed by atoms with Crippen LogP contribution in [0.5, 0.6) is 0 Å². The molecule has 0 spiro atoms. The van der Waals surface area contributed by atoms with Gasteiger partial charge in [0.15, 0.2) is 0 Å². The van der Waals surface area contributed by atoms with Crippen molar-refractivity contribution in [1.29, 1.82) is 0 Å². The molecule has 20 heavy (non-hydrogen) atoms. The normalized spacial score (nSPS) is 12.6. The predicted octanol–water partition coefficient (Wildman–Crippen LogP) is 3.12. The maximum Gasteiger partial charge on any atom is 0.0449 e. The van der Waals surface area contributed by atoms with Crippen molar-refractivity contribution in [1.82, 2.24) is 10.2 Å². The summed E-state index contributed by atoms with van der Waals surface area (Å²) in [6, 6.07) is 21.7. The molecule has 2 aromatic carbocycles. The third kappa shape index (κ3) is 4.80. The standard InChI is InChI=1S/C18H24N2/c1-20(2)15-18(17-11-7-4-8-12-17)19-14-13-16-9-5-3-6-10-16/h3-12,18-19H,13-15H2,1-2H3. The molecule has 1 N–H and O–H groups in total. The molecule has 1 unspecified atom stereocenters. The average molecular weight is 268 g/mol.